The molecule has 4 nitrogen and oxygen atoms in total. The quantitative estimate of drug-likeness (QED) is 0.371. The molecule has 0 aliphatic carbocycles. The molecule has 0 atom stereocenters. The fourth-order valence-electron chi connectivity index (χ4n) is 0.815. The number of carbonyl (C=O) groups is 1. The SMILES string of the molecule is Cc1cccc(OC(=O)NN)c1. The standard InChI is InChI=1S/C8H10N2O2/c1-6-3-2-4-7(5-6)12-8(11)10-9/h2-5H,9H2,1H3,(H,10,11). The van der Waals surface area contributed by atoms with Crippen LogP contribution >= 0.6 is 0 Å². The molecule has 0 aliphatic rings. The van der Waals surface area contributed by atoms with Crippen molar-refractivity contribution in [2.45, 2.75) is 6.92 Å². The number of ether oxygens (including phenoxy) is 1. The average Bonchev–Trinajstić information content (AvgIpc) is 2.04. The summed E-state index contributed by atoms with van der Waals surface area (Å²) in [7, 11) is 0. The molecule has 0 heterocycles. The second-order valence-corrected chi connectivity index (χ2v) is 2.35. The van der Waals surface area contributed by atoms with Crippen LogP contribution in [0.3, 0.4) is 0 Å². The number of hydrogen-bond acceptors (Lipinski definition) is 3. The monoisotopic (exact) mass is 166 g/mol. The Morgan fingerprint density at radius 2 is 2.33 bits per heavy atom. The summed E-state index contributed by atoms with van der Waals surface area (Å²) < 4.78 is 4.77. The molecule has 0 fully saturated rings. The number of rotatable bonds is 1. The lowest BCUT2D eigenvalue weighted by atomic mass is 10.2. The van der Waals surface area contributed by atoms with Crippen molar-refractivity contribution in [2.24, 2.45) is 5.84 Å². The minimum Gasteiger partial charge on any atom is -0.409 e. The highest BCUT2D eigenvalue weighted by atomic mass is 16.6. The number of amides is 1. The lowest BCUT2D eigenvalue weighted by molar-refractivity contribution is 0.200. The minimum atomic E-state index is -0.666. The zero-order valence-electron chi connectivity index (χ0n) is 6.70. The molecule has 0 saturated carbocycles. The van der Waals surface area contributed by atoms with Gasteiger partial charge in [-0.05, 0) is 24.6 Å². The van der Waals surface area contributed by atoms with Crippen LogP contribution in [-0.4, -0.2) is 6.09 Å². The molecule has 12 heavy (non-hydrogen) atoms. The smallest absolute Gasteiger partial charge is 0.409 e. The largest absolute Gasteiger partial charge is 0.426 e. The van der Waals surface area contributed by atoms with Crippen LogP contribution in [0.5, 0.6) is 5.75 Å². The van der Waals surface area contributed by atoms with Gasteiger partial charge in [0.25, 0.3) is 0 Å². The third kappa shape index (κ3) is 2.25. The average molecular weight is 166 g/mol. The molecular weight excluding hydrogens is 156 g/mol. The molecule has 0 spiro atoms. The van der Waals surface area contributed by atoms with Gasteiger partial charge in [-0.3, -0.25) is 5.43 Å². The van der Waals surface area contributed by atoms with E-state index in [0.717, 1.165) is 5.56 Å². The number of benzene rings is 1. The van der Waals surface area contributed by atoms with Gasteiger partial charge in [0.15, 0.2) is 0 Å². The first-order chi connectivity index (χ1) is 5.72. The summed E-state index contributed by atoms with van der Waals surface area (Å²) in [4.78, 5) is 10.6. The number of aryl methyl sites for hydroxylation is 1. The third-order valence-electron chi connectivity index (χ3n) is 1.32. The van der Waals surface area contributed by atoms with Crippen molar-refractivity contribution in [1.29, 1.82) is 0 Å². The van der Waals surface area contributed by atoms with Gasteiger partial charge in [-0.25, -0.2) is 10.6 Å². The van der Waals surface area contributed by atoms with Gasteiger partial charge in [0.1, 0.15) is 5.75 Å². The Labute approximate surface area is 70.3 Å². The molecule has 4 heteroatoms. The van der Waals surface area contributed by atoms with E-state index in [1.165, 1.54) is 0 Å². The number of nitrogens with one attached hydrogen (secondary N) is 1. The maximum Gasteiger partial charge on any atom is 0.426 e. The van der Waals surface area contributed by atoms with E-state index in [2.05, 4.69) is 0 Å². The van der Waals surface area contributed by atoms with Crippen LogP contribution < -0.4 is 16.0 Å². The first-order valence-electron chi connectivity index (χ1n) is 3.47. The third-order valence-corrected chi connectivity index (χ3v) is 1.32. The van der Waals surface area contributed by atoms with Gasteiger partial charge < -0.3 is 4.74 Å². The summed E-state index contributed by atoms with van der Waals surface area (Å²) in [6.45, 7) is 1.91. The van der Waals surface area contributed by atoms with Gasteiger partial charge in [0.2, 0.25) is 0 Å². The Morgan fingerprint density at radius 3 is 2.92 bits per heavy atom. The van der Waals surface area contributed by atoms with Crippen molar-refractivity contribution in [3.63, 3.8) is 0 Å². The number of nitrogens with two attached hydrogens (primary N) is 1. The van der Waals surface area contributed by atoms with Crippen molar-refractivity contribution in [3.8, 4) is 5.75 Å². The predicted octanol–water partition coefficient (Wildman–Crippen LogP) is 0.957. The molecule has 3 N–H and O–H groups in total. The molecule has 1 rings (SSSR count). The normalized spacial score (nSPS) is 9.17. The van der Waals surface area contributed by atoms with Crippen LogP contribution in [0.4, 0.5) is 4.79 Å². The van der Waals surface area contributed by atoms with E-state index in [-0.39, 0.29) is 0 Å². The zero-order chi connectivity index (χ0) is 8.97. The van der Waals surface area contributed by atoms with E-state index >= 15 is 0 Å². The molecular formula is C8H10N2O2. The molecule has 0 bridgehead atoms. The Kier molecular flexibility index (Phi) is 2.66. The molecule has 0 aliphatic heterocycles. The number of hydrazine groups is 1. The topological polar surface area (TPSA) is 64.3 Å². The van der Waals surface area contributed by atoms with Crippen molar-refractivity contribution in [2.75, 3.05) is 0 Å². The highest BCUT2D eigenvalue weighted by Crippen LogP contribution is 2.11. The summed E-state index contributed by atoms with van der Waals surface area (Å²) in [5.41, 5.74) is 2.90. The van der Waals surface area contributed by atoms with Gasteiger partial charge >= 0.3 is 6.09 Å². The molecule has 0 aromatic heterocycles. The maximum absolute atomic E-state index is 10.6. The van der Waals surface area contributed by atoms with Gasteiger partial charge in [0, 0.05) is 0 Å². The van der Waals surface area contributed by atoms with E-state index in [0.29, 0.717) is 5.75 Å². The molecule has 1 amide bonds. The maximum atomic E-state index is 10.6. The molecule has 1 aromatic carbocycles. The van der Waals surface area contributed by atoms with Gasteiger partial charge in [0.05, 0.1) is 0 Å². The van der Waals surface area contributed by atoms with Gasteiger partial charge in [-0.2, -0.15) is 0 Å². The van der Waals surface area contributed by atoms with Gasteiger partial charge in [-0.15, -0.1) is 0 Å². The number of carbonyl (C=O) groups excluding carboxylic acids is 1. The fraction of sp³-hybridized carbons (Fsp3) is 0.125. The van der Waals surface area contributed by atoms with E-state index in [1.54, 1.807) is 18.2 Å². The van der Waals surface area contributed by atoms with Crippen LogP contribution in [0.2, 0.25) is 0 Å². The van der Waals surface area contributed by atoms with Crippen molar-refractivity contribution < 1.29 is 9.53 Å². The Balaban J connectivity index is 2.69. The molecule has 1 aromatic rings. The highest BCUT2D eigenvalue weighted by Gasteiger charge is 1.99. The van der Waals surface area contributed by atoms with E-state index in [9.17, 15) is 4.79 Å². The van der Waals surface area contributed by atoms with Crippen molar-refractivity contribution >= 4 is 6.09 Å². The molecule has 0 saturated heterocycles. The summed E-state index contributed by atoms with van der Waals surface area (Å²) in [6.07, 6.45) is -0.666. The summed E-state index contributed by atoms with van der Waals surface area (Å²) in [6, 6.07) is 7.14. The molecule has 0 radical (unpaired) electrons. The van der Waals surface area contributed by atoms with E-state index in [1.807, 2.05) is 18.4 Å². The summed E-state index contributed by atoms with van der Waals surface area (Å²) >= 11 is 0. The highest BCUT2D eigenvalue weighted by molar-refractivity contribution is 5.69. The van der Waals surface area contributed by atoms with Crippen LogP contribution in [0, 0.1) is 6.92 Å². The van der Waals surface area contributed by atoms with Crippen LogP contribution in [0.15, 0.2) is 24.3 Å². The van der Waals surface area contributed by atoms with Crippen molar-refractivity contribution in [1.82, 2.24) is 5.43 Å². The fourth-order valence-corrected chi connectivity index (χ4v) is 0.815. The Morgan fingerprint density at radius 1 is 1.58 bits per heavy atom. The lowest BCUT2D eigenvalue weighted by Crippen LogP contribution is -2.32. The Bertz CT molecular complexity index is 286. The van der Waals surface area contributed by atoms with E-state index in [4.69, 9.17) is 10.6 Å². The van der Waals surface area contributed by atoms with Crippen LogP contribution in [0.25, 0.3) is 0 Å². The zero-order valence-corrected chi connectivity index (χ0v) is 6.70. The van der Waals surface area contributed by atoms with E-state index < -0.39 is 6.09 Å². The second-order valence-electron chi connectivity index (χ2n) is 2.35. The summed E-state index contributed by atoms with van der Waals surface area (Å²) in [5.74, 6) is 5.32. The predicted molar refractivity (Wildman–Crippen MR) is 44.5 cm³/mol. The lowest BCUT2D eigenvalue weighted by Gasteiger charge is -2.02. The number of hydrogen-bond donors (Lipinski definition) is 2. The second kappa shape index (κ2) is 3.73. The van der Waals surface area contributed by atoms with Crippen LogP contribution in [0.1, 0.15) is 5.56 Å². The summed E-state index contributed by atoms with van der Waals surface area (Å²) in [5, 5.41) is 0. The van der Waals surface area contributed by atoms with Gasteiger partial charge in [-0.1, -0.05) is 12.1 Å². The van der Waals surface area contributed by atoms with Crippen molar-refractivity contribution in [3.05, 3.63) is 29.8 Å². The molecule has 0 unspecified atom stereocenters. The minimum absolute atomic E-state index is 0.484. The first kappa shape index (κ1) is 8.55. The Hall–Kier alpha value is -1.55. The first-order valence-corrected chi connectivity index (χ1v) is 3.47. The van der Waals surface area contributed by atoms with Crippen LogP contribution in [-0.2, 0) is 0 Å². The molecule has 64 valence electrons.